The predicted molar refractivity (Wildman–Crippen MR) is 139 cm³/mol. The van der Waals surface area contributed by atoms with Crippen molar-refractivity contribution in [2.24, 2.45) is 7.05 Å². The van der Waals surface area contributed by atoms with Crippen molar-refractivity contribution in [3.8, 4) is 11.8 Å². The molecule has 2 aromatic heterocycles. The quantitative estimate of drug-likeness (QED) is 0.288. The van der Waals surface area contributed by atoms with E-state index in [0.29, 0.717) is 5.02 Å². The number of fused-ring (bicyclic) bond motifs is 1. The molecule has 0 saturated carbocycles. The first-order valence-corrected chi connectivity index (χ1v) is 12.3. The second kappa shape index (κ2) is 11.2. The van der Waals surface area contributed by atoms with Crippen LogP contribution < -0.4 is 16.0 Å². The van der Waals surface area contributed by atoms with Crippen LogP contribution in [0.1, 0.15) is 18.1 Å². The number of ether oxygens (including phenoxy) is 2. The van der Waals surface area contributed by atoms with Crippen molar-refractivity contribution >= 4 is 34.4 Å². The Morgan fingerprint density at radius 2 is 1.76 bits per heavy atom. The Kier molecular flexibility index (Phi) is 8.22. The van der Waals surface area contributed by atoms with E-state index in [1.807, 2.05) is 0 Å². The minimum Gasteiger partial charge on any atom is -0.425 e. The number of hydrogen-bond donors (Lipinski definition) is 1. The van der Waals surface area contributed by atoms with Crippen LogP contribution >= 0.6 is 23.2 Å². The molecule has 202 valence electrons. The van der Waals surface area contributed by atoms with Gasteiger partial charge in [0.1, 0.15) is 5.75 Å². The molecule has 0 unspecified atom stereocenters. The van der Waals surface area contributed by atoms with Gasteiger partial charge in [0, 0.05) is 29.6 Å². The Hall–Kier alpha value is -3.25. The average Bonchev–Trinajstić information content (AvgIpc) is 3.22. The first-order valence-electron chi connectivity index (χ1n) is 11.5. The number of nitrogens with zero attached hydrogens (tertiary/aromatic N) is 4. The standard InChI is InChI=1S/C25H24Cl2F2N4O5/c1-25(28,29)18-13-17(7-8-19(18)27)38-23-30-21-20(33(23)14-15-3-5-16(26)6-4-15)22(35)32(24(36)31(21)2)9-11-37-12-10-34/h3-8,13,34H,9-12,14H2,1-2H3. The maximum absolute atomic E-state index is 14.1. The summed E-state index contributed by atoms with van der Waals surface area (Å²) in [5.41, 5.74) is -0.849. The summed E-state index contributed by atoms with van der Waals surface area (Å²) in [4.78, 5) is 30.9. The van der Waals surface area contributed by atoms with Crippen LogP contribution in [0.4, 0.5) is 8.78 Å². The topological polar surface area (TPSA) is 101 Å². The van der Waals surface area contributed by atoms with Crippen LogP contribution in [0.3, 0.4) is 0 Å². The van der Waals surface area contributed by atoms with Crippen LogP contribution in [-0.4, -0.2) is 43.6 Å². The second-order valence-corrected chi connectivity index (χ2v) is 9.39. The Morgan fingerprint density at radius 1 is 1.05 bits per heavy atom. The summed E-state index contributed by atoms with van der Waals surface area (Å²) in [5.74, 6) is -3.21. The van der Waals surface area contributed by atoms with Crippen LogP contribution in [0.15, 0.2) is 52.1 Å². The van der Waals surface area contributed by atoms with Crippen molar-refractivity contribution in [1.82, 2.24) is 18.7 Å². The van der Waals surface area contributed by atoms with Gasteiger partial charge >= 0.3 is 11.7 Å². The molecule has 0 bridgehead atoms. The molecule has 4 rings (SSSR count). The van der Waals surface area contributed by atoms with Gasteiger partial charge in [-0.1, -0.05) is 35.3 Å². The number of rotatable bonds is 10. The lowest BCUT2D eigenvalue weighted by Crippen LogP contribution is -2.40. The van der Waals surface area contributed by atoms with Crippen LogP contribution in [-0.2, 0) is 30.8 Å². The van der Waals surface area contributed by atoms with Gasteiger partial charge in [0.2, 0.25) is 0 Å². The monoisotopic (exact) mass is 568 g/mol. The van der Waals surface area contributed by atoms with Gasteiger partial charge in [-0.25, -0.2) is 13.6 Å². The maximum atomic E-state index is 14.1. The van der Waals surface area contributed by atoms with E-state index in [1.165, 1.54) is 28.3 Å². The van der Waals surface area contributed by atoms with E-state index in [9.17, 15) is 18.4 Å². The van der Waals surface area contributed by atoms with E-state index in [4.69, 9.17) is 37.8 Å². The highest BCUT2D eigenvalue weighted by molar-refractivity contribution is 6.31. The van der Waals surface area contributed by atoms with Gasteiger partial charge in [-0.3, -0.25) is 18.5 Å². The number of aliphatic hydroxyl groups is 1. The van der Waals surface area contributed by atoms with E-state index in [1.54, 1.807) is 24.3 Å². The highest BCUT2D eigenvalue weighted by Crippen LogP contribution is 2.36. The van der Waals surface area contributed by atoms with Gasteiger partial charge in [-0.15, -0.1) is 0 Å². The molecule has 0 aliphatic heterocycles. The number of imidazole rings is 1. The Labute approximate surface area is 225 Å². The van der Waals surface area contributed by atoms with E-state index in [-0.39, 0.29) is 60.9 Å². The molecular weight excluding hydrogens is 545 g/mol. The molecular formula is C25H24Cl2F2N4O5. The molecule has 1 N–H and O–H groups in total. The first-order chi connectivity index (χ1) is 18.0. The lowest BCUT2D eigenvalue weighted by molar-refractivity contribution is 0.0174. The lowest BCUT2D eigenvalue weighted by Gasteiger charge is -2.15. The molecule has 13 heteroatoms. The van der Waals surface area contributed by atoms with Crippen LogP contribution in [0.25, 0.3) is 11.2 Å². The Balaban J connectivity index is 1.87. The molecule has 0 spiro atoms. The molecule has 2 heterocycles. The SMILES string of the molecule is Cn1c(=O)n(CCOCCO)c(=O)c2c1nc(Oc1ccc(Cl)c(C(C)(F)F)c1)n2Cc1ccc(Cl)cc1. The number of aryl methyl sites for hydroxylation is 1. The minimum atomic E-state index is -3.23. The van der Waals surface area contributed by atoms with Crippen LogP contribution in [0.2, 0.25) is 10.0 Å². The minimum absolute atomic E-state index is 0.0151. The van der Waals surface area contributed by atoms with Gasteiger partial charge in [0.25, 0.3) is 11.5 Å². The Bertz CT molecular complexity index is 1580. The molecule has 0 saturated heterocycles. The van der Waals surface area contributed by atoms with Gasteiger partial charge in [-0.05, 0) is 35.9 Å². The zero-order valence-electron chi connectivity index (χ0n) is 20.5. The second-order valence-electron chi connectivity index (χ2n) is 8.55. The van der Waals surface area contributed by atoms with Gasteiger partial charge < -0.3 is 14.6 Å². The largest absolute Gasteiger partial charge is 0.425 e. The third-order valence-corrected chi connectivity index (χ3v) is 6.35. The summed E-state index contributed by atoms with van der Waals surface area (Å²) >= 11 is 12.0. The highest BCUT2D eigenvalue weighted by Gasteiger charge is 2.28. The number of hydrogen-bond acceptors (Lipinski definition) is 6. The normalized spacial score (nSPS) is 11.9. The number of benzene rings is 2. The number of alkyl halides is 2. The molecule has 0 atom stereocenters. The van der Waals surface area contributed by atoms with Crippen LogP contribution in [0, 0.1) is 0 Å². The molecule has 2 aromatic carbocycles. The predicted octanol–water partition coefficient (Wildman–Crippen LogP) is 4.16. The van der Waals surface area contributed by atoms with E-state index < -0.39 is 22.7 Å². The van der Waals surface area contributed by atoms with Crippen molar-refractivity contribution in [3.05, 3.63) is 84.5 Å². The van der Waals surface area contributed by atoms with Gasteiger partial charge in [0.05, 0.1) is 32.9 Å². The van der Waals surface area contributed by atoms with Crippen molar-refractivity contribution in [3.63, 3.8) is 0 Å². The summed E-state index contributed by atoms with van der Waals surface area (Å²) in [7, 11) is 1.45. The van der Waals surface area contributed by atoms with Crippen molar-refractivity contribution in [1.29, 1.82) is 0 Å². The molecule has 0 aliphatic carbocycles. The molecule has 0 amide bonds. The maximum Gasteiger partial charge on any atom is 0.332 e. The zero-order chi connectivity index (χ0) is 27.6. The molecule has 0 radical (unpaired) electrons. The molecule has 38 heavy (non-hydrogen) atoms. The summed E-state index contributed by atoms with van der Waals surface area (Å²) in [6.45, 7) is 0.642. The third-order valence-electron chi connectivity index (χ3n) is 5.77. The first kappa shape index (κ1) is 27.8. The summed E-state index contributed by atoms with van der Waals surface area (Å²) in [6, 6.07) is 10.5. The zero-order valence-corrected chi connectivity index (χ0v) is 22.0. The molecule has 0 fully saturated rings. The van der Waals surface area contributed by atoms with E-state index >= 15 is 0 Å². The summed E-state index contributed by atoms with van der Waals surface area (Å²) in [5, 5.41) is 9.30. The molecule has 4 aromatic rings. The third kappa shape index (κ3) is 5.75. The van der Waals surface area contributed by atoms with Crippen molar-refractivity contribution in [2.45, 2.75) is 25.9 Å². The fourth-order valence-corrected chi connectivity index (χ4v) is 4.29. The molecule has 0 aliphatic rings. The number of aromatic nitrogens is 4. The fourth-order valence-electron chi connectivity index (χ4n) is 3.88. The van der Waals surface area contributed by atoms with Crippen LogP contribution in [0.5, 0.6) is 11.8 Å². The van der Waals surface area contributed by atoms with Gasteiger partial charge in [0.15, 0.2) is 11.2 Å². The van der Waals surface area contributed by atoms with Crippen molar-refractivity contribution < 1.29 is 23.4 Å². The van der Waals surface area contributed by atoms with E-state index in [2.05, 4.69) is 4.98 Å². The average molecular weight is 569 g/mol. The number of aliphatic hydroxyl groups excluding tert-OH is 1. The smallest absolute Gasteiger partial charge is 0.332 e. The summed E-state index contributed by atoms with van der Waals surface area (Å²) < 4.78 is 42.9. The molecule has 9 nitrogen and oxygen atoms in total. The van der Waals surface area contributed by atoms with Gasteiger partial charge in [-0.2, -0.15) is 4.98 Å². The highest BCUT2D eigenvalue weighted by atomic mass is 35.5. The summed E-state index contributed by atoms with van der Waals surface area (Å²) in [6.07, 6.45) is 0. The lowest BCUT2D eigenvalue weighted by atomic mass is 10.1. The fraction of sp³-hybridized carbons (Fsp3) is 0.320. The number of halogens is 4. The van der Waals surface area contributed by atoms with Crippen molar-refractivity contribution in [2.75, 3.05) is 19.8 Å². The van der Waals surface area contributed by atoms with E-state index in [0.717, 1.165) is 23.1 Å². The Morgan fingerprint density at radius 3 is 2.42 bits per heavy atom.